The molecule has 0 spiro atoms. The summed E-state index contributed by atoms with van der Waals surface area (Å²) in [5, 5.41) is 6.21. The van der Waals surface area contributed by atoms with Gasteiger partial charge in [-0.15, -0.1) is 0 Å². The van der Waals surface area contributed by atoms with Crippen LogP contribution < -0.4 is 26.5 Å². The van der Waals surface area contributed by atoms with Crippen LogP contribution in [0.25, 0.3) is 40.0 Å². The molecule has 0 unspecified atom stereocenters. The topological polar surface area (TPSA) is 82.9 Å². The van der Waals surface area contributed by atoms with E-state index < -0.39 is 0 Å². The number of H-pyrrole nitrogens is 1. The summed E-state index contributed by atoms with van der Waals surface area (Å²) in [4.78, 5) is 14.6. The summed E-state index contributed by atoms with van der Waals surface area (Å²) < 4.78 is 0. The van der Waals surface area contributed by atoms with Crippen LogP contribution in [0.5, 0.6) is 0 Å². The van der Waals surface area contributed by atoms with Crippen molar-refractivity contribution in [2.24, 2.45) is 5.73 Å². The lowest BCUT2D eigenvalue weighted by atomic mass is 10.0. The molecule has 5 rings (SSSR count). The average molecular weight is 423 g/mol. The van der Waals surface area contributed by atoms with Gasteiger partial charge >= 0.3 is 0 Å². The molecule has 4 aromatic rings. The number of piperazine rings is 1. The van der Waals surface area contributed by atoms with Crippen molar-refractivity contribution in [3.63, 3.8) is 0 Å². The fourth-order valence-corrected chi connectivity index (χ4v) is 4.15. The first kappa shape index (κ1) is 20.0. The van der Waals surface area contributed by atoms with Crippen LogP contribution in [-0.2, 0) is 0 Å². The van der Waals surface area contributed by atoms with E-state index in [0.717, 1.165) is 70.0 Å². The third kappa shape index (κ3) is 3.88. The van der Waals surface area contributed by atoms with Crippen molar-refractivity contribution in [2.45, 2.75) is 0 Å². The molecule has 4 N–H and O–H groups in total. The first-order valence-electron chi connectivity index (χ1n) is 10.8. The maximum absolute atomic E-state index is 5.91. The number of rotatable bonds is 4. The Labute approximate surface area is 186 Å². The molecule has 1 saturated heterocycles. The number of anilines is 1. The normalized spacial score (nSPS) is 15.4. The SMILES string of the molecule is C=C(/C=c1\c(=C/N)[nH]c2ncc(-c3ccc(N4CCNCC4)cc3)cc12)c1cccnc1. The maximum atomic E-state index is 5.91. The van der Waals surface area contributed by atoms with Gasteiger partial charge in [0.25, 0.3) is 0 Å². The van der Waals surface area contributed by atoms with E-state index in [-0.39, 0.29) is 0 Å². The summed E-state index contributed by atoms with van der Waals surface area (Å²) in [6.45, 7) is 8.35. The molecule has 0 bridgehead atoms. The van der Waals surface area contributed by atoms with Crippen LogP contribution in [0.2, 0.25) is 0 Å². The summed E-state index contributed by atoms with van der Waals surface area (Å²) >= 11 is 0. The fraction of sp³-hybridized carbons (Fsp3) is 0.154. The molecule has 1 aliphatic rings. The molecule has 32 heavy (non-hydrogen) atoms. The van der Waals surface area contributed by atoms with Crippen molar-refractivity contribution in [2.75, 3.05) is 31.1 Å². The zero-order valence-corrected chi connectivity index (χ0v) is 17.9. The molecule has 0 aliphatic carbocycles. The van der Waals surface area contributed by atoms with Crippen LogP contribution in [-0.4, -0.2) is 41.1 Å². The zero-order valence-electron chi connectivity index (χ0n) is 17.9. The zero-order chi connectivity index (χ0) is 21.9. The van der Waals surface area contributed by atoms with Gasteiger partial charge in [-0.1, -0.05) is 24.8 Å². The minimum Gasteiger partial charge on any atom is -0.403 e. The minimum absolute atomic E-state index is 0.799. The number of benzene rings is 1. The van der Waals surface area contributed by atoms with Crippen molar-refractivity contribution in [3.8, 4) is 11.1 Å². The van der Waals surface area contributed by atoms with Crippen LogP contribution >= 0.6 is 0 Å². The van der Waals surface area contributed by atoms with Gasteiger partial charge in [-0.25, -0.2) is 4.98 Å². The van der Waals surface area contributed by atoms with Gasteiger partial charge < -0.3 is 20.9 Å². The number of aromatic nitrogens is 3. The maximum Gasteiger partial charge on any atom is 0.138 e. The predicted octanol–water partition coefficient (Wildman–Crippen LogP) is 2.23. The van der Waals surface area contributed by atoms with Gasteiger partial charge in [0, 0.05) is 72.8 Å². The minimum atomic E-state index is 0.799. The summed E-state index contributed by atoms with van der Waals surface area (Å²) in [5.41, 5.74) is 12.0. The van der Waals surface area contributed by atoms with E-state index in [4.69, 9.17) is 5.73 Å². The van der Waals surface area contributed by atoms with Gasteiger partial charge in [-0.2, -0.15) is 0 Å². The molecular formula is C26H26N6. The van der Waals surface area contributed by atoms with Crippen molar-refractivity contribution in [1.29, 1.82) is 0 Å². The Bertz CT molecular complexity index is 1360. The van der Waals surface area contributed by atoms with Gasteiger partial charge in [0.1, 0.15) is 5.65 Å². The highest BCUT2D eigenvalue weighted by atomic mass is 15.2. The third-order valence-corrected chi connectivity index (χ3v) is 5.92. The second kappa shape index (κ2) is 8.69. The molecule has 0 saturated carbocycles. The number of fused-ring (bicyclic) bond motifs is 1. The molecule has 0 atom stereocenters. The molecule has 4 heterocycles. The lowest BCUT2D eigenvalue weighted by Crippen LogP contribution is -2.43. The first-order valence-corrected chi connectivity index (χ1v) is 10.8. The highest BCUT2D eigenvalue weighted by molar-refractivity contribution is 5.92. The summed E-state index contributed by atoms with van der Waals surface area (Å²) in [5.74, 6) is 0. The van der Waals surface area contributed by atoms with E-state index in [1.807, 2.05) is 30.6 Å². The van der Waals surface area contributed by atoms with E-state index in [1.54, 1.807) is 12.4 Å². The molecule has 6 nitrogen and oxygen atoms in total. The number of hydrogen-bond donors (Lipinski definition) is 3. The van der Waals surface area contributed by atoms with Gasteiger partial charge in [0.2, 0.25) is 0 Å². The van der Waals surface area contributed by atoms with Crippen LogP contribution in [0.1, 0.15) is 5.56 Å². The summed E-state index contributed by atoms with van der Waals surface area (Å²) in [6, 6.07) is 14.8. The van der Waals surface area contributed by atoms with Crippen molar-refractivity contribution < 1.29 is 0 Å². The Morgan fingerprint density at radius 3 is 2.59 bits per heavy atom. The second-order valence-electron chi connectivity index (χ2n) is 7.93. The number of nitrogens with one attached hydrogen (secondary N) is 2. The number of pyridine rings is 2. The molecule has 0 radical (unpaired) electrons. The van der Waals surface area contributed by atoms with Crippen molar-refractivity contribution >= 4 is 34.6 Å². The van der Waals surface area contributed by atoms with Crippen LogP contribution in [0.4, 0.5) is 5.69 Å². The van der Waals surface area contributed by atoms with Gasteiger partial charge in [-0.3, -0.25) is 4.98 Å². The Morgan fingerprint density at radius 2 is 1.88 bits per heavy atom. The number of nitrogens with two attached hydrogens (primary N) is 1. The van der Waals surface area contributed by atoms with Gasteiger partial charge in [-0.05, 0) is 47.0 Å². The molecule has 1 aliphatic heterocycles. The molecule has 1 fully saturated rings. The number of hydrogen-bond acceptors (Lipinski definition) is 5. The quantitative estimate of drug-likeness (QED) is 0.470. The molecule has 6 heteroatoms. The average Bonchev–Trinajstić information content (AvgIpc) is 3.22. The molecule has 3 aromatic heterocycles. The lowest BCUT2D eigenvalue weighted by Gasteiger charge is -2.29. The van der Waals surface area contributed by atoms with Gasteiger partial charge in [0.15, 0.2) is 0 Å². The van der Waals surface area contributed by atoms with Crippen LogP contribution in [0.3, 0.4) is 0 Å². The smallest absolute Gasteiger partial charge is 0.138 e. The molecule has 160 valence electrons. The predicted molar refractivity (Wildman–Crippen MR) is 132 cm³/mol. The summed E-state index contributed by atoms with van der Waals surface area (Å²) in [7, 11) is 0. The monoisotopic (exact) mass is 422 g/mol. The third-order valence-electron chi connectivity index (χ3n) is 5.92. The van der Waals surface area contributed by atoms with E-state index in [9.17, 15) is 0 Å². The van der Waals surface area contributed by atoms with Crippen LogP contribution in [0.15, 0.2) is 67.6 Å². The van der Waals surface area contributed by atoms with Crippen molar-refractivity contribution in [1.82, 2.24) is 20.3 Å². The highest BCUT2D eigenvalue weighted by Gasteiger charge is 2.11. The second-order valence-corrected chi connectivity index (χ2v) is 7.93. The Morgan fingerprint density at radius 1 is 1.06 bits per heavy atom. The Kier molecular flexibility index (Phi) is 5.44. The van der Waals surface area contributed by atoms with E-state index in [1.165, 1.54) is 5.69 Å². The molecule has 1 aromatic carbocycles. The van der Waals surface area contributed by atoms with Crippen molar-refractivity contribution in [3.05, 3.63) is 83.8 Å². The highest BCUT2D eigenvalue weighted by Crippen LogP contribution is 2.24. The first-order chi connectivity index (χ1) is 15.7. The Hall–Kier alpha value is -3.90. The lowest BCUT2D eigenvalue weighted by molar-refractivity contribution is 0.589. The standard InChI is InChI=1S/C26H26N6/c1-18(20-3-2-8-29-16-20)13-23-24-14-21(17-30-26(24)31-25(23)15-27)19-4-6-22(7-5-19)32-11-9-28-10-12-32/h2-8,13-17,28H,1,9-12,27H2,(H,30,31)/b23-13-,25-15+. The van der Waals surface area contributed by atoms with E-state index in [0.29, 0.717) is 0 Å². The number of aromatic amines is 1. The van der Waals surface area contributed by atoms with Crippen LogP contribution in [0, 0.1) is 0 Å². The Balaban J connectivity index is 1.54. The molecule has 0 amide bonds. The van der Waals surface area contributed by atoms with E-state index >= 15 is 0 Å². The van der Waals surface area contributed by atoms with E-state index in [2.05, 4.69) is 62.1 Å². The number of allylic oxidation sites excluding steroid dienone is 1. The number of nitrogens with zero attached hydrogens (tertiary/aromatic N) is 3. The fourth-order valence-electron chi connectivity index (χ4n) is 4.15. The summed E-state index contributed by atoms with van der Waals surface area (Å²) in [6.07, 6.45) is 9.08. The molecular weight excluding hydrogens is 396 g/mol. The largest absolute Gasteiger partial charge is 0.403 e. The van der Waals surface area contributed by atoms with Gasteiger partial charge in [0.05, 0.1) is 5.35 Å².